The van der Waals surface area contributed by atoms with Crippen molar-refractivity contribution in [1.29, 1.82) is 0 Å². The predicted octanol–water partition coefficient (Wildman–Crippen LogP) is 5.11. The van der Waals surface area contributed by atoms with Crippen molar-refractivity contribution >= 4 is 0 Å². The van der Waals surface area contributed by atoms with Gasteiger partial charge in [0.25, 0.3) is 0 Å². The third-order valence-electron chi connectivity index (χ3n) is 5.45. The summed E-state index contributed by atoms with van der Waals surface area (Å²) in [5, 5.41) is 14.6. The van der Waals surface area contributed by atoms with Gasteiger partial charge in [0, 0.05) is 17.8 Å². The highest BCUT2D eigenvalue weighted by Crippen LogP contribution is 2.39. The Labute approximate surface area is 160 Å². The van der Waals surface area contributed by atoms with Crippen LogP contribution in [0.15, 0.2) is 54.7 Å². The average Bonchev–Trinajstić information content (AvgIpc) is 3.34. The lowest BCUT2D eigenvalue weighted by atomic mass is 9.95. The number of aromatic nitrogens is 4. The number of unbranched alkanes of at least 4 members (excludes halogenated alkanes) is 1. The normalized spacial score (nSPS) is 15.8. The van der Waals surface area contributed by atoms with Gasteiger partial charge in [0.2, 0.25) is 5.82 Å². The van der Waals surface area contributed by atoms with Crippen LogP contribution in [0.3, 0.4) is 0 Å². The highest BCUT2D eigenvalue weighted by molar-refractivity contribution is 5.80. The summed E-state index contributed by atoms with van der Waals surface area (Å²) in [4.78, 5) is 2.44. The van der Waals surface area contributed by atoms with Crippen LogP contribution in [-0.2, 0) is 6.54 Å². The summed E-state index contributed by atoms with van der Waals surface area (Å²) in [6.45, 7) is 9.76. The number of rotatable bonds is 6. The van der Waals surface area contributed by atoms with E-state index in [1.165, 1.54) is 35.2 Å². The number of fused-ring (bicyclic) bond motifs is 1. The molecule has 1 aliphatic rings. The molecule has 0 radical (unpaired) electrons. The summed E-state index contributed by atoms with van der Waals surface area (Å²) in [6, 6.07) is 15.3. The minimum absolute atomic E-state index is 0.380. The lowest BCUT2D eigenvalue weighted by molar-refractivity contribution is 0.285. The molecule has 0 fully saturated rings. The molecule has 1 atom stereocenters. The maximum Gasteiger partial charge on any atom is 0.205 e. The van der Waals surface area contributed by atoms with Crippen LogP contribution in [0.25, 0.3) is 22.5 Å². The molecule has 0 saturated carbocycles. The number of H-pyrrole nitrogens is 1. The number of allylic oxidation sites excluding steroid dienone is 1. The van der Waals surface area contributed by atoms with Gasteiger partial charge in [0.15, 0.2) is 0 Å². The number of hydrogen-bond acceptors (Lipinski definition) is 4. The van der Waals surface area contributed by atoms with E-state index in [2.05, 4.69) is 70.2 Å². The Kier molecular flexibility index (Phi) is 4.75. The molecule has 2 heterocycles. The van der Waals surface area contributed by atoms with Crippen molar-refractivity contribution in [3.05, 3.63) is 65.9 Å². The van der Waals surface area contributed by atoms with E-state index in [0.29, 0.717) is 11.9 Å². The first kappa shape index (κ1) is 17.5. The second-order valence-corrected chi connectivity index (χ2v) is 7.17. The molecule has 5 nitrogen and oxygen atoms in total. The molecule has 1 N–H and O–H groups in total. The number of nitrogens with zero attached hydrogens (tertiary/aromatic N) is 4. The second kappa shape index (κ2) is 7.35. The van der Waals surface area contributed by atoms with E-state index in [-0.39, 0.29) is 0 Å². The Hall–Kier alpha value is -2.95. The summed E-state index contributed by atoms with van der Waals surface area (Å²) < 4.78 is 0. The molecular weight excluding hydrogens is 334 g/mol. The molecule has 0 bridgehead atoms. The van der Waals surface area contributed by atoms with Crippen LogP contribution in [0.2, 0.25) is 0 Å². The number of hydrogen-bond donors (Lipinski definition) is 1. The van der Waals surface area contributed by atoms with Crippen LogP contribution in [0, 0.1) is 0 Å². The Morgan fingerprint density at radius 1 is 1.22 bits per heavy atom. The van der Waals surface area contributed by atoms with Crippen LogP contribution in [0.4, 0.5) is 0 Å². The van der Waals surface area contributed by atoms with Gasteiger partial charge in [-0.25, -0.2) is 0 Å². The number of nitrogens with one attached hydrogen (secondary N) is 1. The van der Waals surface area contributed by atoms with Gasteiger partial charge < -0.3 is 4.90 Å². The van der Waals surface area contributed by atoms with Crippen molar-refractivity contribution in [2.45, 2.75) is 45.7 Å². The van der Waals surface area contributed by atoms with Gasteiger partial charge >= 0.3 is 0 Å². The molecule has 1 aliphatic heterocycles. The van der Waals surface area contributed by atoms with Crippen molar-refractivity contribution in [2.75, 3.05) is 0 Å². The van der Waals surface area contributed by atoms with Crippen molar-refractivity contribution in [1.82, 2.24) is 25.5 Å². The van der Waals surface area contributed by atoms with E-state index in [1.54, 1.807) is 0 Å². The van der Waals surface area contributed by atoms with Crippen molar-refractivity contribution in [3.63, 3.8) is 0 Å². The van der Waals surface area contributed by atoms with Crippen LogP contribution in [0.5, 0.6) is 0 Å². The SMILES string of the molecule is C=C(CCCC)N1Cc2cc(-c3ccccc3-c3nn[nH]n3)ccc2C1C. The molecule has 1 aromatic heterocycles. The first-order valence-corrected chi connectivity index (χ1v) is 9.59. The molecule has 0 aliphatic carbocycles. The largest absolute Gasteiger partial charge is 0.364 e. The molecule has 5 heteroatoms. The Morgan fingerprint density at radius 2 is 2.04 bits per heavy atom. The lowest BCUT2D eigenvalue weighted by Gasteiger charge is -2.26. The molecule has 0 saturated heterocycles. The summed E-state index contributed by atoms with van der Waals surface area (Å²) in [7, 11) is 0. The van der Waals surface area contributed by atoms with E-state index in [9.17, 15) is 0 Å². The topological polar surface area (TPSA) is 57.7 Å². The van der Waals surface area contributed by atoms with Crippen LogP contribution >= 0.6 is 0 Å². The average molecular weight is 359 g/mol. The zero-order valence-corrected chi connectivity index (χ0v) is 15.9. The van der Waals surface area contributed by atoms with E-state index in [0.717, 1.165) is 24.1 Å². The van der Waals surface area contributed by atoms with Gasteiger partial charge in [0.1, 0.15) is 0 Å². The predicted molar refractivity (Wildman–Crippen MR) is 108 cm³/mol. The van der Waals surface area contributed by atoms with Gasteiger partial charge in [-0.3, -0.25) is 0 Å². The van der Waals surface area contributed by atoms with Crippen molar-refractivity contribution in [3.8, 4) is 22.5 Å². The molecule has 2 aromatic carbocycles. The number of tetrazole rings is 1. The summed E-state index contributed by atoms with van der Waals surface area (Å²) >= 11 is 0. The third-order valence-corrected chi connectivity index (χ3v) is 5.45. The third kappa shape index (κ3) is 3.25. The zero-order valence-electron chi connectivity index (χ0n) is 15.9. The second-order valence-electron chi connectivity index (χ2n) is 7.17. The quantitative estimate of drug-likeness (QED) is 0.664. The van der Waals surface area contributed by atoms with E-state index in [1.807, 2.05) is 18.2 Å². The Bertz CT molecular complexity index is 945. The van der Waals surface area contributed by atoms with Gasteiger partial charge in [-0.05, 0) is 53.3 Å². The first-order chi connectivity index (χ1) is 13.2. The molecule has 27 heavy (non-hydrogen) atoms. The van der Waals surface area contributed by atoms with Gasteiger partial charge in [-0.2, -0.15) is 5.21 Å². The van der Waals surface area contributed by atoms with Gasteiger partial charge in [-0.1, -0.05) is 56.3 Å². The molecule has 1 unspecified atom stereocenters. The lowest BCUT2D eigenvalue weighted by Crippen LogP contribution is -2.18. The maximum absolute atomic E-state index is 4.34. The smallest absolute Gasteiger partial charge is 0.205 e. The highest BCUT2D eigenvalue weighted by atomic mass is 15.5. The summed E-state index contributed by atoms with van der Waals surface area (Å²) in [6.07, 6.45) is 3.47. The number of aromatic amines is 1. The van der Waals surface area contributed by atoms with Crippen molar-refractivity contribution < 1.29 is 0 Å². The molecule has 4 rings (SSSR count). The monoisotopic (exact) mass is 359 g/mol. The van der Waals surface area contributed by atoms with Crippen LogP contribution < -0.4 is 0 Å². The fourth-order valence-corrected chi connectivity index (χ4v) is 3.92. The maximum atomic E-state index is 4.34. The first-order valence-electron chi connectivity index (χ1n) is 9.59. The molecular formula is C22H25N5. The minimum atomic E-state index is 0.380. The molecule has 0 amide bonds. The standard InChI is InChI=1S/C22H25N5/c1-4-5-8-15(2)27-14-18-13-17(11-12-19(18)16(27)3)20-9-6-7-10-21(20)22-23-25-26-24-22/h6-7,9-13,16H,2,4-5,8,14H2,1,3H3,(H,23,24,25,26). The number of benzene rings is 2. The molecule has 0 spiro atoms. The summed E-state index contributed by atoms with van der Waals surface area (Å²) in [5.41, 5.74) is 7.31. The van der Waals surface area contributed by atoms with Crippen LogP contribution in [-0.4, -0.2) is 25.5 Å². The van der Waals surface area contributed by atoms with Gasteiger partial charge in [-0.15, -0.1) is 10.2 Å². The van der Waals surface area contributed by atoms with E-state index >= 15 is 0 Å². The minimum Gasteiger partial charge on any atom is -0.364 e. The van der Waals surface area contributed by atoms with Gasteiger partial charge in [0.05, 0.1) is 6.04 Å². The fraction of sp³-hybridized carbons (Fsp3) is 0.318. The Balaban J connectivity index is 1.66. The van der Waals surface area contributed by atoms with E-state index in [4.69, 9.17) is 0 Å². The highest BCUT2D eigenvalue weighted by Gasteiger charge is 2.27. The fourth-order valence-electron chi connectivity index (χ4n) is 3.92. The molecule has 3 aromatic rings. The van der Waals surface area contributed by atoms with Crippen LogP contribution in [0.1, 0.15) is 50.3 Å². The zero-order chi connectivity index (χ0) is 18.8. The van der Waals surface area contributed by atoms with E-state index < -0.39 is 0 Å². The summed E-state index contributed by atoms with van der Waals surface area (Å²) in [5.74, 6) is 0.619. The molecule has 138 valence electrons. The van der Waals surface area contributed by atoms with Crippen molar-refractivity contribution in [2.24, 2.45) is 0 Å². The Morgan fingerprint density at radius 3 is 2.78 bits per heavy atom.